The number of hydrogen-bond acceptors (Lipinski definition) is 3. The fourth-order valence-electron chi connectivity index (χ4n) is 1.82. The molecule has 0 spiro atoms. The van der Waals surface area contributed by atoms with Crippen LogP contribution in [0.25, 0.3) is 17.0 Å². The summed E-state index contributed by atoms with van der Waals surface area (Å²) in [6.07, 6.45) is 2.85. The molecule has 0 radical (unpaired) electrons. The van der Waals surface area contributed by atoms with E-state index in [1.807, 2.05) is 0 Å². The number of hydrogen-bond donors (Lipinski definition) is 0. The van der Waals surface area contributed by atoms with Crippen LogP contribution >= 0.6 is 11.6 Å². The minimum atomic E-state index is -0.717. The molecule has 96 valence electrons. The molecule has 0 N–H and O–H groups in total. The van der Waals surface area contributed by atoms with E-state index in [0.717, 1.165) is 6.07 Å². The van der Waals surface area contributed by atoms with E-state index in [1.54, 1.807) is 6.92 Å². The van der Waals surface area contributed by atoms with Gasteiger partial charge >= 0.3 is 0 Å². The van der Waals surface area contributed by atoms with E-state index < -0.39 is 11.6 Å². The normalized spacial score (nSPS) is 11.2. The summed E-state index contributed by atoms with van der Waals surface area (Å²) in [6.45, 7) is 1.55. The molecule has 0 amide bonds. The molecule has 1 aromatic carbocycles. The summed E-state index contributed by atoms with van der Waals surface area (Å²) in [5, 5.41) is 7.99. The molecule has 2 heterocycles. The molecule has 0 fully saturated rings. The fraction of sp³-hybridized carbons (Fsp3) is 0.0833. The first-order valence-corrected chi connectivity index (χ1v) is 5.76. The van der Waals surface area contributed by atoms with Crippen LogP contribution in [0.2, 0.25) is 5.15 Å². The van der Waals surface area contributed by atoms with Crippen LogP contribution in [-0.4, -0.2) is 19.6 Å². The van der Waals surface area contributed by atoms with E-state index in [0.29, 0.717) is 11.2 Å². The average molecular weight is 281 g/mol. The van der Waals surface area contributed by atoms with Crippen molar-refractivity contribution in [2.45, 2.75) is 6.92 Å². The van der Waals surface area contributed by atoms with Crippen molar-refractivity contribution in [2.24, 2.45) is 0 Å². The molecule has 0 aliphatic heterocycles. The molecule has 0 atom stereocenters. The minimum absolute atomic E-state index is 0.138. The van der Waals surface area contributed by atoms with Crippen LogP contribution in [0.3, 0.4) is 0 Å². The molecule has 3 rings (SSSR count). The molecule has 19 heavy (non-hydrogen) atoms. The zero-order valence-corrected chi connectivity index (χ0v) is 10.5. The average Bonchev–Trinajstić information content (AvgIpc) is 2.79. The standard InChI is InChI=1S/C12H7ClF2N4/c1-6-2-7(9(15)3-8(6)14)12-18-17-11-5-16-4-10(13)19(11)12/h2-5H,1H3. The monoisotopic (exact) mass is 280 g/mol. The van der Waals surface area contributed by atoms with Crippen molar-refractivity contribution in [3.8, 4) is 11.4 Å². The Labute approximate surface area is 111 Å². The Bertz CT molecular complexity index is 785. The van der Waals surface area contributed by atoms with Crippen molar-refractivity contribution in [1.29, 1.82) is 0 Å². The van der Waals surface area contributed by atoms with Crippen molar-refractivity contribution in [1.82, 2.24) is 19.6 Å². The Morgan fingerprint density at radius 2 is 1.89 bits per heavy atom. The number of nitrogens with zero attached hydrogens (tertiary/aromatic N) is 4. The Morgan fingerprint density at radius 1 is 1.11 bits per heavy atom. The molecular weight excluding hydrogens is 274 g/mol. The highest BCUT2D eigenvalue weighted by Crippen LogP contribution is 2.26. The highest BCUT2D eigenvalue weighted by atomic mass is 35.5. The summed E-state index contributed by atoms with van der Waals surface area (Å²) in [7, 11) is 0. The maximum absolute atomic E-state index is 13.9. The van der Waals surface area contributed by atoms with Gasteiger partial charge in [-0.15, -0.1) is 10.2 Å². The van der Waals surface area contributed by atoms with E-state index in [1.165, 1.54) is 22.9 Å². The first kappa shape index (κ1) is 12.0. The Hall–Kier alpha value is -2.08. The van der Waals surface area contributed by atoms with Gasteiger partial charge in [0.2, 0.25) is 0 Å². The highest BCUT2D eigenvalue weighted by Gasteiger charge is 2.16. The summed E-state index contributed by atoms with van der Waals surface area (Å²) >= 11 is 6.00. The third-order valence-corrected chi connectivity index (χ3v) is 3.03. The van der Waals surface area contributed by atoms with Crippen LogP contribution < -0.4 is 0 Å². The molecule has 0 aliphatic carbocycles. The molecule has 2 aromatic heterocycles. The van der Waals surface area contributed by atoms with Crippen LogP contribution in [0.4, 0.5) is 8.78 Å². The summed E-state index contributed by atoms with van der Waals surface area (Å²) in [4.78, 5) is 3.86. The maximum Gasteiger partial charge on any atom is 0.180 e. The molecule has 0 saturated heterocycles. The van der Waals surface area contributed by atoms with Gasteiger partial charge in [-0.1, -0.05) is 11.6 Å². The van der Waals surface area contributed by atoms with Gasteiger partial charge in [0.25, 0.3) is 0 Å². The van der Waals surface area contributed by atoms with E-state index in [-0.39, 0.29) is 16.5 Å². The topological polar surface area (TPSA) is 43.1 Å². The van der Waals surface area contributed by atoms with Crippen molar-refractivity contribution in [3.63, 3.8) is 0 Å². The molecule has 0 aliphatic rings. The van der Waals surface area contributed by atoms with E-state index in [9.17, 15) is 8.78 Å². The summed E-state index contributed by atoms with van der Waals surface area (Å²) < 4.78 is 28.6. The number of halogens is 3. The van der Waals surface area contributed by atoms with Crippen molar-refractivity contribution >= 4 is 17.2 Å². The fourth-order valence-corrected chi connectivity index (χ4v) is 2.04. The van der Waals surface area contributed by atoms with Gasteiger partial charge < -0.3 is 0 Å². The lowest BCUT2D eigenvalue weighted by Gasteiger charge is -2.05. The van der Waals surface area contributed by atoms with E-state index in [4.69, 9.17) is 11.6 Å². The predicted octanol–water partition coefficient (Wildman–Crippen LogP) is 3.03. The summed E-state index contributed by atoms with van der Waals surface area (Å²) in [5.74, 6) is -1.11. The van der Waals surface area contributed by atoms with Gasteiger partial charge in [0.15, 0.2) is 11.5 Å². The molecule has 0 saturated carbocycles. The number of benzene rings is 1. The van der Waals surface area contributed by atoms with Gasteiger partial charge in [0, 0.05) is 6.07 Å². The van der Waals surface area contributed by atoms with Gasteiger partial charge in [0.1, 0.15) is 16.8 Å². The lowest BCUT2D eigenvalue weighted by atomic mass is 10.1. The first-order chi connectivity index (χ1) is 9.08. The molecule has 0 bridgehead atoms. The summed E-state index contributed by atoms with van der Waals surface area (Å²) in [5.41, 5.74) is 0.849. The van der Waals surface area contributed by atoms with Crippen molar-refractivity contribution < 1.29 is 8.78 Å². The van der Waals surface area contributed by atoms with E-state index in [2.05, 4.69) is 15.2 Å². The zero-order valence-electron chi connectivity index (χ0n) is 9.73. The number of aromatic nitrogens is 4. The number of aryl methyl sites for hydroxylation is 1. The SMILES string of the molecule is Cc1cc(-c2nnc3cncc(Cl)n23)c(F)cc1F. The first-order valence-electron chi connectivity index (χ1n) is 5.38. The second-order valence-corrected chi connectivity index (χ2v) is 4.42. The lowest BCUT2D eigenvalue weighted by molar-refractivity contribution is 0.579. The maximum atomic E-state index is 13.9. The lowest BCUT2D eigenvalue weighted by Crippen LogP contribution is -1.96. The second-order valence-electron chi connectivity index (χ2n) is 4.03. The Morgan fingerprint density at radius 3 is 2.68 bits per heavy atom. The highest BCUT2D eigenvalue weighted by molar-refractivity contribution is 6.29. The summed E-state index contributed by atoms with van der Waals surface area (Å²) in [6, 6.07) is 2.19. The van der Waals surface area contributed by atoms with Crippen molar-refractivity contribution in [3.05, 3.63) is 46.9 Å². The third-order valence-electron chi connectivity index (χ3n) is 2.76. The predicted molar refractivity (Wildman–Crippen MR) is 65.9 cm³/mol. The molecule has 0 unspecified atom stereocenters. The largest absolute Gasteiger partial charge is 0.262 e. The van der Waals surface area contributed by atoms with Crippen LogP contribution in [0.15, 0.2) is 24.5 Å². The number of fused-ring (bicyclic) bond motifs is 1. The second kappa shape index (κ2) is 4.24. The quantitative estimate of drug-likeness (QED) is 0.688. The Kier molecular flexibility index (Phi) is 2.67. The van der Waals surface area contributed by atoms with Crippen molar-refractivity contribution in [2.75, 3.05) is 0 Å². The Balaban J connectivity index is 2.34. The van der Waals surface area contributed by atoms with Crippen LogP contribution in [0, 0.1) is 18.6 Å². The van der Waals surface area contributed by atoms with E-state index >= 15 is 0 Å². The molecule has 7 heteroatoms. The minimum Gasteiger partial charge on any atom is -0.262 e. The van der Waals surface area contributed by atoms with Gasteiger partial charge in [-0.25, -0.2) is 8.78 Å². The van der Waals surface area contributed by atoms with Gasteiger partial charge in [-0.05, 0) is 18.6 Å². The van der Waals surface area contributed by atoms with Gasteiger partial charge in [0.05, 0.1) is 18.0 Å². The zero-order chi connectivity index (χ0) is 13.6. The van der Waals surface area contributed by atoms with Crippen LogP contribution in [-0.2, 0) is 0 Å². The molecule has 3 aromatic rings. The third kappa shape index (κ3) is 1.84. The molecular formula is C12H7ClF2N4. The van der Waals surface area contributed by atoms with Gasteiger partial charge in [-0.2, -0.15) is 0 Å². The van der Waals surface area contributed by atoms with Gasteiger partial charge in [-0.3, -0.25) is 9.38 Å². The van der Waals surface area contributed by atoms with Crippen LogP contribution in [0.1, 0.15) is 5.56 Å². The molecule has 4 nitrogen and oxygen atoms in total. The van der Waals surface area contributed by atoms with Crippen LogP contribution in [0.5, 0.6) is 0 Å². The number of rotatable bonds is 1. The smallest absolute Gasteiger partial charge is 0.180 e.